The van der Waals surface area contributed by atoms with Crippen molar-refractivity contribution in [3.05, 3.63) is 12.2 Å². The maximum absolute atomic E-state index is 9.99. The van der Waals surface area contributed by atoms with Gasteiger partial charge in [0.1, 0.15) is 6.29 Å². The molecule has 1 fully saturated rings. The van der Waals surface area contributed by atoms with Gasteiger partial charge in [0.25, 0.3) is 0 Å². The van der Waals surface area contributed by atoms with Gasteiger partial charge in [-0.2, -0.15) is 0 Å². The number of allylic oxidation sites excluding steroid dienone is 2. The van der Waals surface area contributed by atoms with Gasteiger partial charge in [0.15, 0.2) is 0 Å². The standard InChI is InChI=1S/C10H17NO/c1-11-7-6-10(9-11)5-3-2-4-8-12/h2-3,8,10H,4-7,9H2,1H3/b3-2-. The Morgan fingerprint density at radius 1 is 1.50 bits per heavy atom. The van der Waals surface area contributed by atoms with Crippen LogP contribution in [0.15, 0.2) is 12.2 Å². The molecule has 1 heterocycles. The fourth-order valence-electron chi connectivity index (χ4n) is 1.66. The van der Waals surface area contributed by atoms with Crippen LogP contribution in [0, 0.1) is 5.92 Å². The van der Waals surface area contributed by atoms with E-state index in [-0.39, 0.29) is 0 Å². The second-order valence-electron chi connectivity index (χ2n) is 3.53. The first-order chi connectivity index (χ1) is 5.83. The maximum atomic E-state index is 9.99. The summed E-state index contributed by atoms with van der Waals surface area (Å²) in [6.45, 7) is 2.44. The molecule has 0 radical (unpaired) electrons. The van der Waals surface area contributed by atoms with Crippen molar-refractivity contribution in [2.24, 2.45) is 5.92 Å². The van der Waals surface area contributed by atoms with E-state index in [1.54, 1.807) is 0 Å². The number of likely N-dealkylation sites (tertiary alicyclic amines) is 1. The molecular weight excluding hydrogens is 150 g/mol. The van der Waals surface area contributed by atoms with Crippen molar-refractivity contribution in [3.8, 4) is 0 Å². The highest BCUT2D eigenvalue weighted by atomic mass is 16.1. The third-order valence-corrected chi connectivity index (χ3v) is 2.36. The lowest BCUT2D eigenvalue weighted by Gasteiger charge is -2.06. The van der Waals surface area contributed by atoms with Crippen LogP contribution in [-0.4, -0.2) is 31.3 Å². The van der Waals surface area contributed by atoms with E-state index in [4.69, 9.17) is 0 Å². The average Bonchev–Trinajstić information content (AvgIpc) is 2.45. The SMILES string of the molecule is CN1CCC(C/C=C\CC=O)C1. The van der Waals surface area contributed by atoms with Gasteiger partial charge in [0.2, 0.25) is 0 Å². The lowest BCUT2D eigenvalue weighted by Crippen LogP contribution is -2.13. The summed E-state index contributed by atoms with van der Waals surface area (Å²) in [6.07, 6.45) is 8.06. The summed E-state index contributed by atoms with van der Waals surface area (Å²) in [5.74, 6) is 0.818. The number of hydrogen-bond acceptors (Lipinski definition) is 2. The highest BCUT2D eigenvalue weighted by molar-refractivity contribution is 5.51. The predicted molar refractivity (Wildman–Crippen MR) is 50.0 cm³/mol. The number of carbonyl (C=O) groups excluding carboxylic acids is 1. The van der Waals surface area contributed by atoms with E-state index in [9.17, 15) is 4.79 Å². The van der Waals surface area contributed by atoms with Gasteiger partial charge in [0.05, 0.1) is 0 Å². The first-order valence-electron chi connectivity index (χ1n) is 4.60. The van der Waals surface area contributed by atoms with Crippen molar-refractivity contribution in [3.63, 3.8) is 0 Å². The molecule has 0 aromatic heterocycles. The van der Waals surface area contributed by atoms with Crippen molar-refractivity contribution in [1.29, 1.82) is 0 Å². The molecule has 0 amide bonds. The van der Waals surface area contributed by atoms with Crippen molar-refractivity contribution < 1.29 is 4.79 Å². The summed E-state index contributed by atoms with van der Waals surface area (Å²) in [6, 6.07) is 0. The first-order valence-corrected chi connectivity index (χ1v) is 4.60. The molecule has 0 aromatic carbocycles. The third-order valence-electron chi connectivity index (χ3n) is 2.36. The zero-order valence-electron chi connectivity index (χ0n) is 7.70. The highest BCUT2D eigenvalue weighted by Gasteiger charge is 2.17. The summed E-state index contributed by atoms with van der Waals surface area (Å²) < 4.78 is 0. The summed E-state index contributed by atoms with van der Waals surface area (Å²) in [5.41, 5.74) is 0. The maximum Gasteiger partial charge on any atom is 0.123 e. The number of nitrogens with zero attached hydrogens (tertiary/aromatic N) is 1. The van der Waals surface area contributed by atoms with E-state index >= 15 is 0 Å². The molecule has 0 aromatic rings. The number of hydrogen-bond donors (Lipinski definition) is 0. The Kier molecular flexibility index (Phi) is 4.01. The van der Waals surface area contributed by atoms with Crippen LogP contribution >= 0.6 is 0 Å². The summed E-state index contributed by atoms with van der Waals surface area (Å²) >= 11 is 0. The average molecular weight is 167 g/mol. The Labute approximate surface area is 74.2 Å². The Balaban J connectivity index is 2.11. The van der Waals surface area contributed by atoms with E-state index in [1.165, 1.54) is 19.5 Å². The lowest BCUT2D eigenvalue weighted by atomic mass is 10.0. The van der Waals surface area contributed by atoms with Crippen LogP contribution in [0.25, 0.3) is 0 Å². The Morgan fingerprint density at radius 2 is 2.33 bits per heavy atom. The van der Waals surface area contributed by atoms with Gasteiger partial charge in [0, 0.05) is 13.0 Å². The van der Waals surface area contributed by atoms with Crippen molar-refractivity contribution in [2.45, 2.75) is 19.3 Å². The van der Waals surface area contributed by atoms with Crippen LogP contribution in [0.3, 0.4) is 0 Å². The second kappa shape index (κ2) is 5.09. The molecule has 1 aliphatic rings. The highest BCUT2D eigenvalue weighted by Crippen LogP contribution is 2.17. The summed E-state index contributed by atoms with van der Waals surface area (Å²) in [4.78, 5) is 12.4. The molecular formula is C10H17NO. The molecule has 1 saturated heterocycles. The summed E-state index contributed by atoms with van der Waals surface area (Å²) in [7, 11) is 2.16. The molecule has 2 nitrogen and oxygen atoms in total. The minimum atomic E-state index is 0.572. The fraction of sp³-hybridized carbons (Fsp3) is 0.700. The van der Waals surface area contributed by atoms with E-state index < -0.39 is 0 Å². The van der Waals surface area contributed by atoms with Gasteiger partial charge in [-0.25, -0.2) is 0 Å². The predicted octanol–water partition coefficient (Wildman–Crippen LogP) is 1.47. The molecule has 0 N–H and O–H groups in total. The van der Waals surface area contributed by atoms with Crippen molar-refractivity contribution >= 4 is 6.29 Å². The van der Waals surface area contributed by atoms with E-state index in [2.05, 4.69) is 18.0 Å². The largest absolute Gasteiger partial charge is 0.306 e. The molecule has 0 saturated carbocycles. The molecule has 1 unspecified atom stereocenters. The van der Waals surface area contributed by atoms with E-state index in [0.29, 0.717) is 6.42 Å². The zero-order chi connectivity index (χ0) is 8.81. The van der Waals surface area contributed by atoms with Gasteiger partial charge in [-0.05, 0) is 32.4 Å². The minimum absolute atomic E-state index is 0.572. The lowest BCUT2D eigenvalue weighted by molar-refractivity contribution is -0.107. The smallest absolute Gasteiger partial charge is 0.123 e. The quantitative estimate of drug-likeness (QED) is 0.467. The van der Waals surface area contributed by atoms with Crippen LogP contribution in [0.5, 0.6) is 0 Å². The van der Waals surface area contributed by atoms with Crippen LogP contribution in [-0.2, 0) is 4.79 Å². The van der Waals surface area contributed by atoms with Crippen LogP contribution < -0.4 is 0 Å². The van der Waals surface area contributed by atoms with Crippen LogP contribution in [0.2, 0.25) is 0 Å². The molecule has 1 atom stereocenters. The third kappa shape index (κ3) is 3.18. The van der Waals surface area contributed by atoms with Gasteiger partial charge < -0.3 is 9.69 Å². The number of rotatable bonds is 4. The first kappa shape index (κ1) is 9.46. The van der Waals surface area contributed by atoms with Gasteiger partial charge in [-0.15, -0.1) is 0 Å². The summed E-state index contributed by atoms with van der Waals surface area (Å²) in [5, 5.41) is 0. The normalized spacial score (nSPS) is 25.2. The molecule has 1 rings (SSSR count). The van der Waals surface area contributed by atoms with Crippen LogP contribution in [0.1, 0.15) is 19.3 Å². The van der Waals surface area contributed by atoms with E-state index in [1.807, 2.05) is 6.08 Å². The second-order valence-corrected chi connectivity index (χ2v) is 3.53. The van der Waals surface area contributed by atoms with Gasteiger partial charge in [-0.3, -0.25) is 0 Å². The van der Waals surface area contributed by atoms with E-state index in [0.717, 1.165) is 18.6 Å². The molecule has 0 bridgehead atoms. The minimum Gasteiger partial charge on any atom is -0.306 e. The molecule has 12 heavy (non-hydrogen) atoms. The monoisotopic (exact) mass is 167 g/mol. The molecule has 68 valence electrons. The molecule has 0 aliphatic carbocycles. The Morgan fingerprint density at radius 3 is 2.92 bits per heavy atom. The zero-order valence-corrected chi connectivity index (χ0v) is 7.70. The topological polar surface area (TPSA) is 20.3 Å². The Bertz CT molecular complexity index is 165. The molecule has 1 aliphatic heterocycles. The van der Waals surface area contributed by atoms with Gasteiger partial charge in [-0.1, -0.05) is 12.2 Å². The van der Waals surface area contributed by atoms with Crippen LogP contribution in [0.4, 0.5) is 0 Å². The van der Waals surface area contributed by atoms with Crippen molar-refractivity contribution in [2.75, 3.05) is 20.1 Å². The van der Waals surface area contributed by atoms with Crippen molar-refractivity contribution in [1.82, 2.24) is 4.90 Å². The number of carbonyl (C=O) groups is 1. The van der Waals surface area contributed by atoms with Gasteiger partial charge >= 0.3 is 0 Å². The molecule has 2 heteroatoms. The number of aldehydes is 1. The molecule has 0 spiro atoms. The Hall–Kier alpha value is -0.630. The fourth-order valence-corrected chi connectivity index (χ4v) is 1.66.